The van der Waals surface area contributed by atoms with Crippen LogP contribution in [0, 0.1) is 0 Å². The molecule has 0 radical (unpaired) electrons. The molecule has 0 bridgehead atoms. The summed E-state index contributed by atoms with van der Waals surface area (Å²) in [4.78, 5) is 22.3. The molecule has 0 aliphatic carbocycles. The maximum absolute atomic E-state index is 11.3. The predicted molar refractivity (Wildman–Crippen MR) is 62.2 cm³/mol. The van der Waals surface area contributed by atoms with Crippen molar-refractivity contribution in [3.8, 4) is 0 Å². The van der Waals surface area contributed by atoms with Crippen LogP contribution in [0.1, 0.15) is 18.9 Å². The number of thiophene rings is 1. The fourth-order valence-electron chi connectivity index (χ4n) is 1.85. The SMILES string of the molecule is CC(Cc1ccsc1)NC1CC(=O)NC1=O. The molecule has 2 N–H and O–H groups in total. The molecule has 2 unspecified atom stereocenters. The van der Waals surface area contributed by atoms with E-state index in [1.165, 1.54) is 5.56 Å². The average molecular weight is 238 g/mol. The molecule has 4 nitrogen and oxygen atoms in total. The van der Waals surface area contributed by atoms with Gasteiger partial charge in [-0.2, -0.15) is 11.3 Å². The van der Waals surface area contributed by atoms with E-state index >= 15 is 0 Å². The summed E-state index contributed by atoms with van der Waals surface area (Å²) in [7, 11) is 0. The lowest BCUT2D eigenvalue weighted by Gasteiger charge is -2.16. The second-order valence-corrected chi connectivity index (χ2v) is 4.85. The number of rotatable bonds is 4. The van der Waals surface area contributed by atoms with Crippen LogP contribution in [0.2, 0.25) is 0 Å². The number of imide groups is 1. The highest BCUT2D eigenvalue weighted by Crippen LogP contribution is 2.10. The van der Waals surface area contributed by atoms with Crippen LogP contribution >= 0.6 is 11.3 Å². The average Bonchev–Trinajstić information content (AvgIpc) is 2.78. The van der Waals surface area contributed by atoms with Gasteiger partial charge in [0.25, 0.3) is 0 Å². The molecular weight excluding hydrogens is 224 g/mol. The molecule has 5 heteroatoms. The van der Waals surface area contributed by atoms with Crippen molar-refractivity contribution in [2.75, 3.05) is 0 Å². The fourth-order valence-corrected chi connectivity index (χ4v) is 2.53. The Balaban J connectivity index is 1.85. The number of carbonyl (C=O) groups is 2. The van der Waals surface area contributed by atoms with Crippen molar-refractivity contribution in [2.24, 2.45) is 0 Å². The van der Waals surface area contributed by atoms with Crippen LogP contribution < -0.4 is 10.6 Å². The smallest absolute Gasteiger partial charge is 0.244 e. The van der Waals surface area contributed by atoms with E-state index in [0.29, 0.717) is 0 Å². The largest absolute Gasteiger partial charge is 0.303 e. The number of nitrogens with one attached hydrogen (secondary N) is 2. The lowest BCUT2D eigenvalue weighted by atomic mass is 10.1. The van der Waals surface area contributed by atoms with Gasteiger partial charge in [-0.15, -0.1) is 0 Å². The first-order chi connectivity index (χ1) is 7.65. The van der Waals surface area contributed by atoms with Crippen LogP contribution in [0.15, 0.2) is 16.8 Å². The first-order valence-corrected chi connectivity index (χ1v) is 6.20. The Morgan fingerprint density at radius 3 is 3.00 bits per heavy atom. The van der Waals surface area contributed by atoms with E-state index in [-0.39, 0.29) is 30.3 Å². The molecule has 1 aromatic heterocycles. The molecule has 1 aromatic rings. The summed E-state index contributed by atoms with van der Waals surface area (Å²) in [5.41, 5.74) is 1.26. The Bertz CT molecular complexity index is 389. The zero-order valence-corrected chi connectivity index (χ0v) is 9.84. The third kappa shape index (κ3) is 2.68. The fraction of sp³-hybridized carbons (Fsp3) is 0.455. The van der Waals surface area contributed by atoms with Gasteiger partial charge in [0.15, 0.2) is 0 Å². The zero-order chi connectivity index (χ0) is 11.5. The standard InChI is InChI=1S/C11H14N2O2S/c1-7(4-8-2-3-16-6-8)12-9-5-10(14)13-11(9)15/h2-3,6-7,9,12H,4-5H2,1H3,(H,13,14,15). The molecule has 1 aliphatic heterocycles. The van der Waals surface area contributed by atoms with E-state index in [1.807, 2.05) is 12.3 Å². The van der Waals surface area contributed by atoms with E-state index in [2.05, 4.69) is 22.1 Å². The van der Waals surface area contributed by atoms with E-state index in [1.54, 1.807) is 11.3 Å². The lowest BCUT2D eigenvalue weighted by Crippen LogP contribution is -2.42. The van der Waals surface area contributed by atoms with Crippen molar-refractivity contribution in [1.29, 1.82) is 0 Å². The molecule has 86 valence electrons. The van der Waals surface area contributed by atoms with Gasteiger partial charge in [0.05, 0.1) is 12.5 Å². The Hall–Kier alpha value is -1.20. The van der Waals surface area contributed by atoms with Crippen molar-refractivity contribution in [2.45, 2.75) is 31.8 Å². The van der Waals surface area contributed by atoms with Gasteiger partial charge in [-0.05, 0) is 35.7 Å². The highest BCUT2D eigenvalue weighted by atomic mass is 32.1. The molecule has 0 spiro atoms. The molecule has 0 saturated carbocycles. The first kappa shape index (κ1) is 11.3. The minimum atomic E-state index is -0.360. The summed E-state index contributed by atoms with van der Waals surface area (Å²) in [6.07, 6.45) is 1.13. The monoisotopic (exact) mass is 238 g/mol. The van der Waals surface area contributed by atoms with Crippen molar-refractivity contribution in [1.82, 2.24) is 10.6 Å². The normalized spacial score (nSPS) is 22.2. The maximum atomic E-state index is 11.3. The molecular formula is C11H14N2O2S. The lowest BCUT2D eigenvalue weighted by molar-refractivity contribution is -0.125. The van der Waals surface area contributed by atoms with Crippen molar-refractivity contribution in [3.05, 3.63) is 22.4 Å². The van der Waals surface area contributed by atoms with E-state index in [4.69, 9.17) is 0 Å². The first-order valence-electron chi connectivity index (χ1n) is 5.26. The number of hydrogen-bond donors (Lipinski definition) is 2. The second-order valence-electron chi connectivity index (χ2n) is 4.07. The molecule has 0 aromatic carbocycles. The van der Waals surface area contributed by atoms with Crippen LogP contribution in [-0.2, 0) is 16.0 Å². The Kier molecular flexibility index (Phi) is 3.36. The van der Waals surface area contributed by atoms with Crippen molar-refractivity contribution in [3.63, 3.8) is 0 Å². The Labute approximate surface area is 98.0 Å². The van der Waals surface area contributed by atoms with Crippen molar-refractivity contribution < 1.29 is 9.59 Å². The Morgan fingerprint density at radius 1 is 1.62 bits per heavy atom. The highest BCUT2D eigenvalue weighted by Gasteiger charge is 2.30. The molecule has 1 aliphatic rings. The minimum Gasteiger partial charge on any atom is -0.303 e. The molecule has 1 fully saturated rings. The third-order valence-electron chi connectivity index (χ3n) is 2.58. The number of carbonyl (C=O) groups excluding carboxylic acids is 2. The van der Waals surface area contributed by atoms with Crippen molar-refractivity contribution >= 4 is 23.2 Å². The summed E-state index contributed by atoms with van der Waals surface area (Å²) < 4.78 is 0. The number of amides is 2. The molecule has 1 saturated heterocycles. The summed E-state index contributed by atoms with van der Waals surface area (Å²) in [5.74, 6) is -0.396. The summed E-state index contributed by atoms with van der Waals surface area (Å²) in [5, 5.41) is 9.59. The minimum absolute atomic E-state index is 0.190. The van der Waals surface area contributed by atoms with Gasteiger partial charge in [-0.25, -0.2) is 0 Å². The van der Waals surface area contributed by atoms with Gasteiger partial charge in [0.1, 0.15) is 0 Å². The summed E-state index contributed by atoms with van der Waals surface area (Å²) >= 11 is 1.66. The third-order valence-corrected chi connectivity index (χ3v) is 3.31. The zero-order valence-electron chi connectivity index (χ0n) is 9.03. The Morgan fingerprint density at radius 2 is 2.44 bits per heavy atom. The van der Waals surface area contributed by atoms with E-state index in [9.17, 15) is 9.59 Å². The van der Waals surface area contributed by atoms with Gasteiger partial charge in [-0.1, -0.05) is 0 Å². The van der Waals surface area contributed by atoms with Gasteiger partial charge in [0, 0.05) is 6.04 Å². The van der Waals surface area contributed by atoms with Gasteiger partial charge >= 0.3 is 0 Å². The maximum Gasteiger partial charge on any atom is 0.244 e. The molecule has 2 amide bonds. The van der Waals surface area contributed by atoms with Gasteiger partial charge < -0.3 is 5.32 Å². The van der Waals surface area contributed by atoms with Crippen LogP contribution in [0.4, 0.5) is 0 Å². The molecule has 16 heavy (non-hydrogen) atoms. The summed E-state index contributed by atoms with van der Waals surface area (Å²) in [6.45, 7) is 2.02. The second kappa shape index (κ2) is 4.76. The van der Waals surface area contributed by atoms with Crippen LogP contribution in [0.5, 0.6) is 0 Å². The number of hydrogen-bond acceptors (Lipinski definition) is 4. The molecule has 2 rings (SSSR count). The van der Waals surface area contributed by atoms with Crippen LogP contribution in [0.25, 0.3) is 0 Å². The topological polar surface area (TPSA) is 58.2 Å². The van der Waals surface area contributed by atoms with Gasteiger partial charge in [0.2, 0.25) is 11.8 Å². The van der Waals surface area contributed by atoms with Gasteiger partial charge in [-0.3, -0.25) is 14.9 Å². The quantitative estimate of drug-likeness (QED) is 0.759. The molecule has 2 heterocycles. The van der Waals surface area contributed by atoms with E-state index in [0.717, 1.165) is 6.42 Å². The predicted octanol–water partition coefficient (Wildman–Crippen LogP) is 0.684. The van der Waals surface area contributed by atoms with Crippen LogP contribution in [0.3, 0.4) is 0 Å². The van der Waals surface area contributed by atoms with Crippen LogP contribution in [-0.4, -0.2) is 23.9 Å². The summed E-state index contributed by atoms with van der Waals surface area (Å²) in [6, 6.07) is 1.90. The van der Waals surface area contributed by atoms with E-state index < -0.39 is 0 Å². The molecule has 2 atom stereocenters. The highest BCUT2D eigenvalue weighted by molar-refractivity contribution is 7.07.